The third-order valence-electron chi connectivity index (χ3n) is 4.48. The molecule has 0 radical (unpaired) electrons. The first kappa shape index (κ1) is 27.0. The first-order chi connectivity index (χ1) is 15.9. The van der Waals surface area contributed by atoms with E-state index in [1.54, 1.807) is 26.0 Å². The van der Waals surface area contributed by atoms with Crippen molar-refractivity contribution >= 4 is 22.0 Å². The summed E-state index contributed by atoms with van der Waals surface area (Å²) < 4.78 is 73.8. The highest BCUT2D eigenvalue weighted by Gasteiger charge is 2.31. The lowest BCUT2D eigenvalue weighted by molar-refractivity contribution is -0.147. The fourth-order valence-corrected chi connectivity index (χ4v) is 3.86. The zero-order chi connectivity index (χ0) is 25.5. The zero-order valence-corrected chi connectivity index (χ0v) is 19.1. The quantitative estimate of drug-likeness (QED) is 0.293. The minimum Gasteiger partial charge on any atom is -0.463 e. The van der Waals surface area contributed by atoms with Gasteiger partial charge in [-0.3, -0.25) is 0 Å². The highest BCUT2D eigenvalue weighted by Crippen LogP contribution is 2.30. The van der Waals surface area contributed by atoms with Crippen molar-refractivity contribution in [2.75, 3.05) is 13.2 Å². The molecule has 8 nitrogen and oxygen atoms in total. The van der Waals surface area contributed by atoms with Crippen LogP contribution in [0.15, 0.2) is 65.6 Å². The number of benzene rings is 2. The molecule has 0 aliphatic heterocycles. The average Bonchev–Trinajstić information content (AvgIpc) is 2.77. The summed E-state index contributed by atoms with van der Waals surface area (Å²) in [6.07, 6.45) is -4.61. The van der Waals surface area contributed by atoms with E-state index in [1.165, 1.54) is 12.1 Å². The monoisotopic (exact) mass is 500 g/mol. The molecule has 0 aliphatic rings. The SMILES string of the molecule is C=C(COC(=O)C(NNS(=O)(=O)c1ccccc1C)c1ccc(C(F)(F)F)cc1)C(=O)OCC. The molecule has 0 bridgehead atoms. The van der Waals surface area contributed by atoms with Gasteiger partial charge >= 0.3 is 18.1 Å². The Morgan fingerprint density at radius 1 is 1.06 bits per heavy atom. The molecule has 0 saturated heterocycles. The second kappa shape index (κ2) is 11.3. The first-order valence-corrected chi connectivity index (χ1v) is 11.4. The molecule has 12 heteroatoms. The first-order valence-electron chi connectivity index (χ1n) is 9.88. The van der Waals surface area contributed by atoms with Crippen LogP contribution in [0.4, 0.5) is 13.2 Å². The van der Waals surface area contributed by atoms with Crippen LogP contribution in [0.1, 0.15) is 29.7 Å². The van der Waals surface area contributed by atoms with E-state index >= 15 is 0 Å². The minimum atomic E-state index is -4.61. The van der Waals surface area contributed by atoms with Crippen molar-refractivity contribution in [3.8, 4) is 0 Å². The van der Waals surface area contributed by atoms with Gasteiger partial charge in [0, 0.05) is 0 Å². The number of nitrogens with one attached hydrogen (secondary N) is 2. The summed E-state index contributed by atoms with van der Waals surface area (Å²) in [6.45, 7) is 6.08. The number of halogens is 3. The van der Waals surface area contributed by atoms with Crippen molar-refractivity contribution < 1.29 is 40.7 Å². The summed E-state index contributed by atoms with van der Waals surface area (Å²) >= 11 is 0. The Kier molecular flexibility index (Phi) is 8.96. The van der Waals surface area contributed by atoms with E-state index in [0.717, 1.165) is 24.3 Å². The van der Waals surface area contributed by atoms with E-state index < -0.39 is 46.4 Å². The Balaban J connectivity index is 2.26. The van der Waals surface area contributed by atoms with Gasteiger partial charge in [-0.05, 0) is 43.2 Å². The Labute approximate surface area is 194 Å². The summed E-state index contributed by atoms with van der Waals surface area (Å²) in [5.74, 6) is -1.87. The molecule has 1 atom stereocenters. The highest BCUT2D eigenvalue weighted by molar-refractivity contribution is 7.89. The van der Waals surface area contributed by atoms with Crippen LogP contribution in [0.5, 0.6) is 0 Å². The lowest BCUT2D eigenvalue weighted by Gasteiger charge is -2.20. The molecule has 34 heavy (non-hydrogen) atoms. The molecule has 184 valence electrons. The van der Waals surface area contributed by atoms with E-state index in [1.807, 2.05) is 0 Å². The zero-order valence-electron chi connectivity index (χ0n) is 18.3. The van der Waals surface area contributed by atoms with Gasteiger partial charge in [0.15, 0.2) is 0 Å². The molecule has 0 aliphatic carbocycles. The van der Waals surface area contributed by atoms with Crippen LogP contribution < -0.4 is 10.3 Å². The number of ether oxygens (including phenoxy) is 2. The standard InChI is InChI=1S/C22H23F3N2O6S/c1-4-32-20(28)15(3)13-33-21(29)19(16-9-11-17(12-10-16)22(23,24)25)26-27-34(30,31)18-8-6-5-7-14(18)2/h5-12,19,26-27H,3-4,13H2,1-2H3. The number of esters is 2. The Bertz CT molecular complexity index is 1150. The van der Waals surface area contributed by atoms with Crippen molar-refractivity contribution in [3.05, 3.63) is 77.4 Å². The molecule has 0 spiro atoms. The third-order valence-corrected chi connectivity index (χ3v) is 5.90. The fraction of sp³-hybridized carbons (Fsp3) is 0.273. The van der Waals surface area contributed by atoms with Crippen molar-refractivity contribution in [1.29, 1.82) is 0 Å². The maximum Gasteiger partial charge on any atom is 0.416 e. The van der Waals surface area contributed by atoms with E-state index in [-0.39, 0.29) is 22.6 Å². The van der Waals surface area contributed by atoms with Crippen LogP contribution in [0.2, 0.25) is 0 Å². The highest BCUT2D eigenvalue weighted by atomic mass is 32.2. The van der Waals surface area contributed by atoms with Crippen molar-refractivity contribution in [2.24, 2.45) is 0 Å². The molecule has 2 rings (SSSR count). The van der Waals surface area contributed by atoms with Crippen molar-refractivity contribution in [2.45, 2.75) is 31.0 Å². The molecule has 0 aromatic heterocycles. The predicted octanol–water partition coefficient (Wildman–Crippen LogP) is 3.20. The molecule has 0 amide bonds. The number of aryl methyl sites for hydroxylation is 1. The molecule has 0 saturated carbocycles. The van der Waals surface area contributed by atoms with Crippen LogP contribution in [-0.2, 0) is 35.3 Å². The topological polar surface area (TPSA) is 111 Å². The molecule has 0 fully saturated rings. The summed E-state index contributed by atoms with van der Waals surface area (Å²) in [7, 11) is -4.15. The number of carbonyl (C=O) groups is 2. The van der Waals surface area contributed by atoms with Crippen molar-refractivity contribution in [1.82, 2.24) is 10.3 Å². The van der Waals surface area contributed by atoms with Gasteiger partial charge < -0.3 is 9.47 Å². The van der Waals surface area contributed by atoms with Crippen molar-refractivity contribution in [3.63, 3.8) is 0 Å². The second-order valence-electron chi connectivity index (χ2n) is 7.00. The summed E-state index contributed by atoms with van der Waals surface area (Å²) in [5.41, 5.74) is 1.57. The lowest BCUT2D eigenvalue weighted by Crippen LogP contribution is -2.43. The molecule has 2 aromatic carbocycles. The van der Waals surface area contributed by atoms with Gasteiger partial charge in [-0.2, -0.15) is 13.2 Å². The third kappa shape index (κ3) is 7.14. The molecule has 1 unspecified atom stereocenters. The largest absolute Gasteiger partial charge is 0.463 e. The Morgan fingerprint density at radius 3 is 2.24 bits per heavy atom. The number of carbonyl (C=O) groups excluding carboxylic acids is 2. The molecule has 0 heterocycles. The van der Waals surface area contributed by atoms with E-state index in [9.17, 15) is 31.2 Å². The van der Waals surface area contributed by atoms with Gasteiger partial charge in [-0.15, -0.1) is 4.83 Å². The Hall–Kier alpha value is -3.22. The predicted molar refractivity (Wildman–Crippen MR) is 116 cm³/mol. The normalized spacial score (nSPS) is 12.6. The number of alkyl halides is 3. The fourth-order valence-electron chi connectivity index (χ4n) is 2.73. The van der Waals surface area contributed by atoms with Gasteiger partial charge in [-0.25, -0.2) is 23.4 Å². The summed E-state index contributed by atoms with van der Waals surface area (Å²) in [5, 5.41) is 0. The van der Waals surface area contributed by atoms with E-state index in [0.29, 0.717) is 5.56 Å². The summed E-state index contributed by atoms with van der Waals surface area (Å²) in [6, 6.07) is 8.00. The maximum atomic E-state index is 12.9. The van der Waals surface area contributed by atoms with E-state index in [2.05, 4.69) is 16.8 Å². The van der Waals surface area contributed by atoms with Crippen LogP contribution in [0.3, 0.4) is 0 Å². The van der Waals surface area contributed by atoms with Crippen LogP contribution in [0, 0.1) is 6.92 Å². The van der Waals surface area contributed by atoms with Gasteiger partial charge in [0.1, 0.15) is 12.6 Å². The average molecular weight is 500 g/mol. The van der Waals surface area contributed by atoms with Gasteiger partial charge in [0.25, 0.3) is 10.0 Å². The second-order valence-corrected chi connectivity index (χ2v) is 8.65. The number of hydrogen-bond donors (Lipinski definition) is 2. The number of hydrazine groups is 1. The molecular weight excluding hydrogens is 477 g/mol. The number of hydrogen-bond acceptors (Lipinski definition) is 7. The van der Waals surface area contributed by atoms with Gasteiger partial charge in [-0.1, -0.05) is 36.9 Å². The minimum absolute atomic E-state index is 0.0211. The van der Waals surface area contributed by atoms with Crippen LogP contribution in [0.25, 0.3) is 0 Å². The summed E-state index contributed by atoms with van der Waals surface area (Å²) in [4.78, 5) is 26.3. The molecular formula is C22H23F3N2O6S. The number of rotatable bonds is 10. The van der Waals surface area contributed by atoms with Gasteiger partial charge in [0.05, 0.1) is 22.6 Å². The van der Waals surface area contributed by atoms with Gasteiger partial charge in [0.2, 0.25) is 0 Å². The van der Waals surface area contributed by atoms with E-state index in [4.69, 9.17) is 9.47 Å². The molecule has 2 N–H and O–H groups in total. The Morgan fingerprint density at radius 2 is 1.68 bits per heavy atom. The maximum absolute atomic E-state index is 12.9. The van der Waals surface area contributed by atoms with Crippen LogP contribution >= 0.6 is 0 Å². The smallest absolute Gasteiger partial charge is 0.416 e. The van der Waals surface area contributed by atoms with Crippen LogP contribution in [-0.4, -0.2) is 33.6 Å². The lowest BCUT2D eigenvalue weighted by atomic mass is 10.1. The number of sulfonamides is 1. The molecule has 2 aromatic rings.